The lowest BCUT2D eigenvalue weighted by Crippen LogP contribution is -2.49. The van der Waals surface area contributed by atoms with E-state index in [1.54, 1.807) is 0 Å². The van der Waals surface area contributed by atoms with Crippen molar-refractivity contribution in [2.75, 3.05) is 32.7 Å². The topological polar surface area (TPSA) is 60.9 Å². The Morgan fingerprint density at radius 3 is 2.16 bits per heavy atom. The third kappa shape index (κ3) is 4.24. The molecular formula is C18H21FN2O3S. The van der Waals surface area contributed by atoms with Crippen LogP contribution in [0.4, 0.5) is 4.39 Å². The second kappa shape index (κ2) is 7.61. The van der Waals surface area contributed by atoms with E-state index in [4.69, 9.17) is 0 Å². The van der Waals surface area contributed by atoms with Gasteiger partial charge in [0.15, 0.2) is 0 Å². The summed E-state index contributed by atoms with van der Waals surface area (Å²) in [6, 6.07) is 14.3. The summed E-state index contributed by atoms with van der Waals surface area (Å²) in [5.41, 5.74) is 0.851. The number of sulfonamides is 1. The van der Waals surface area contributed by atoms with Gasteiger partial charge in [0, 0.05) is 32.7 Å². The Morgan fingerprint density at radius 2 is 1.56 bits per heavy atom. The lowest BCUT2D eigenvalue weighted by Gasteiger charge is -2.35. The number of rotatable bonds is 5. The van der Waals surface area contributed by atoms with E-state index in [0.29, 0.717) is 32.7 Å². The monoisotopic (exact) mass is 364 g/mol. The van der Waals surface area contributed by atoms with Crippen LogP contribution in [0.2, 0.25) is 0 Å². The molecule has 0 aromatic heterocycles. The van der Waals surface area contributed by atoms with Crippen LogP contribution in [0, 0.1) is 5.82 Å². The Kier molecular flexibility index (Phi) is 5.48. The third-order valence-electron chi connectivity index (χ3n) is 4.40. The normalized spacial score (nSPS) is 18.2. The molecule has 0 radical (unpaired) electrons. The summed E-state index contributed by atoms with van der Waals surface area (Å²) in [6.07, 6.45) is -0.596. The third-order valence-corrected chi connectivity index (χ3v) is 6.31. The molecule has 0 amide bonds. The number of β-amino-alcohol motifs (C(OH)–C–C–N with tert-alkyl or cyclic N) is 1. The van der Waals surface area contributed by atoms with Crippen LogP contribution in [0.1, 0.15) is 11.7 Å². The van der Waals surface area contributed by atoms with Gasteiger partial charge in [0.2, 0.25) is 10.0 Å². The predicted molar refractivity (Wildman–Crippen MR) is 93.0 cm³/mol. The average molecular weight is 364 g/mol. The summed E-state index contributed by atoms with van der Waals surface area (Å²) >= 11 is 0. The highest BCUT2D eigenvalue weighted by molar-refractivity contribution is 7.89. The predicted octanol–water partition coefficient (Wildman–Crippen LogP) is 1.87. The number of hydrogen-bond donors (Lipinski definition) is 1. The van der Waals surface area contributed by atoms with Crippen molar-refractivity contribution in [3.63, 3.8) is 0 Å². The van der Waals surface area contributed by atoms with Crippen LogP contribution in [-0.2, 0) is 10.0 Å². The quantitative estimate of drug-likeness (QED) is 0.880. The number of hydrogen-bond acceptors (Lipinski definition) is 4. The SMILES string of the molecule is O=S(=O)(c1ccc(F)cc1)N1CCN(C[C@H](O)c2ccccc2)CC1. The summed E-state index contributed by atoms with van der Waals surface area (Å²) in [4.78, 5) is 2.15. The van der Waals surface area contributed by atoms with Gasteiger partial charge in [-0.2, -0.15) is 4.31 Å². The molecule has 0 aliphatic carbocycles. The zero-order chi connectivity index (χ0) is 17.9. The molecule has 1 N–H and O–H groups in total. The molecule has 1 fully saturated rings. The van der Waals surface area contributed by atoms with Gasteiger partial charge in [-0.1, -0.05) is 30.3 Å². The molecule has 3 rings (SSSR count). The second-order valence-electron chi connectivity index (χ2n) is 6.09. The van der Waals surface area contributed by atoms with Gasteiger partial charge in [0.1, 0.15) is 5.82 Å². The van der Waals surface area contributed by atoms with Crippen LogP contribution >= 0.6 is 0 Å². The minimum atomic E-state index is -3.61. The summed E-state index contributed by atoms with van der Waals surface area (Å²) in [5.74, 6) is -0.460. The van der Waals surface area contributed by atoms with Gasteiger partial charge in [-0.05, 0) is 29.8 Å². The summed E-state index contributed by atoms with van der Waals surface area (Å²) < 4.78 is 39.6. The van der Waals surface area contributed by atoms with E-state index in [1.165, 1.54) is 16.4 Å². The number of halogens is 1. The smallest absolute Gasteiger partial charge is 0.243 e. The number of nitrogens with zero attached hydrogens (tertiary/aromatic N) is 2. The molecule has 0 saturated carbocycles. The second-order valence-corrected chi connectivity index (χ2v) is 8.02. The van der Waals surface area contributed by atoms with E-state index < -0.39 is 21.9 Å². The van der Waals surface area contributed by atoms with Gasteiger partial charge in [-0.15, -0.1) is 0 Å². The fourth-order valence-electron chi connectivity index (χ4n) is 2.93. The lowest BCUT2D eigenvalue weighted by molar-refractivity contribution is 0.0921. The Bertz CT molecular complexity index is 789. The first-order valence-corrected chi connectivity index (χ1v) is 9.62. The van der Waals surface area contributed by atoms with E-state index in [-0.39, 0.29) is 4.90 Å². The largest absolute Gasteiger partial charge is 0.387 e. The number of aliphatic hydroxyl groups excluding tert-OH is 1. The molecule has 1 heterocycles. The van der Waals surface area contributed by atoms with E-state index in [2.05, 4.69) is 0 Å². The highest BCUT2D eigenvalue weighted by atomic mass is 32.2. The minimum Gasteiger partial charge on any atom is -0.387 e. The van der Waals surface area contributed by atoms with Crippen LogP contribution in [0.15, 0.2) is 59.5 Å². The van der Waals surface area contributed by atoms with Gasteiger partial charge < -0.3 is 5.11 Å². The standard InChI is InChI=1S/C18H21FN2O3S/c19-16-6-8-17(9-7-16)25(23,24)21-12-10-20(11-13-21)14-18(22)15-4-2-1-3-5-15/h1-9,18,22H,10-14H2/t18-/m0/s1. The Labute approximate surface area is 147 Å². The molecule has 25 heavy (non-hydrogen) atoms. The highest BCUT2D eigenvalue weighted by Crippen LogP contribution is 2.20. The molecule has 1 aliphatic heterocycles. The van der Waals surface area contributed by atoms with Gasteiger partial charge in [-0.25, -0.2) is 12.8 Å². The average Bonchev–Trinajstić information content (AvgIpc) is 2.63. The highest BCUT2D eigenvalue weighted by Gasteiger charge is 2.29. The van der Waals surface area contributed by atoms with E-state index in [1.807, 2.05) is 35.2 Å². The van der Waals surface area contributed by atoms with Crippen LogP contribution < -0.4 is 0 Å². The van der Waals surface area contributed by atoms with Crippen molar-refractivity contribution in [1.82, 2.24) is 9.21 Å². The fraction of sp³-hybridized carbons (Fsp3) is 0.333. The first-order valence-electron chi connectivity index (χ1n) is 8.18. The van der Waals surface area contributed by atoms with Crippen LogP contribution in [0.25, 0.3) is 0 Å². The van der Waals surface area contributed by atoms with Crippen molar-refractivity contribution in [1.29, 1.82) is 0 Å². The Morgan fingerprint density at radius 1 is 0.960 bits per heavy atom. The maximum absolute atomic E-state index is 13.0. The molecule has 134 valence electrons. The first kappa shape index (κ1) is 18.0. The molecule has 0 unspecified atom stereocenters. The van der Waals surface area contributed by atoms with Crippen molar-refractivity contribution in [2.24, 2.45) is 0 Å². The molecule has 1 saturated heterocycles. The minimum absolute atomic E-state index is 0.103. The number of benzene rings is 2. The number of piperazine rings is 1. The van der Waals surface area contributed by atoms with Crippen LogP contribution in [-0.4, -0.2) is 55.5 Å². The zero-order valence-corrected chi connectivity index (χ0v) is 14.6. The first-order chi connectivity index (χ1) is 12.0. The van der Waals surface area contributed by atoms with Gasteiger partial charge in [0.25, 0.3) is 0 Å². The molecular weight excluding hydrogens is 343 g/mol. The molecule has 2 aromatic carbocycles. The van der Waals surface area contributed by atoms with Crippen molar-refractivity contribution >= 4 is 10.0 Å². The zero-order valence-electron chi connectivity index (χ0n) is 13.8. The summed E-state index contributed by atoms with van der Waals surface area (Å²) in [7, 11) is -3.61. The summed E-state index contributed by atoms with van der Waals surface area (Å²) in [5, 5.41) is 10.3. The van der Waals surface area contributed by atoms with E-state index in [0.717, 1.165) is 17.7 Å². The molecule has 0 bridgehead atoms. The van der Waals surface area contributed by atoms with Crippen molar-refractivity contribution < 1.29 is 17.9 Å². The van der Waals surface area contributed by atoms with Gasteiger partial charge in [-0.3, -0.25) is 4.90 Å². The van der Waals surface area contributed by atoms with Crippen LogP contribution in [0.5, 0.6) is 0 Å². The fourth-order valence-corrected chi connectivity index (χ4v) is 4.36. The Hall–Kier alpha value is -1.80. The van der Waals surface area contributed by atoms with E-state index >= 15 is 0 Å². The van der Waals surface area contributed by atoms with Crippen molar-refractivity contribution in [2.45, 2.75) is 11.0 Å². The molecule has 7 heteroatoms. The van der Waals surface area contributed by atoms with Crippen LogP contribution in [0.3, 0.4) is 0 Å². The van der Waals surface area contributed by atoms with Gasteiger partial charge >= 0.3 is 0 Å². The molecule has 2 aromatic rings. The van der Waals surface area contributed by atoms with Gasteiger partial charge in [0.05, 0.1) is 11.0 Å². The van der Waals surface area contributed by atoms with E-state index in [9.17, 15) is 17.9 Å². The Balaban J connectivity index is 1.59. The molecule has 1 aliphatic rings. The molecule has 1 atom stereocenters. The summed E-state index contributed by atoms with van der Waals surface area (Å²) in [6.45, 7) is 2.26. The number of aliphatic hydroxyl groups is 1. The maximum atomic E-state index is 13.0. The lowest BCUT2D eigenvalue weighted by atomic mass is 10.1. The molecule has 5 nitrogen and oxygen atoms in total. The maximum Gasteiger partial charge on any atom is 0.243 e. The van der Waals surface area contributed by atoms with Crippen molar-refractivity contribution in [3.8, 4) is 0 Å². The molecule has 0 spiro atoms. The van der Waals surface area contributed by atoms with Crippen molar-refractivity contribution in [3.05, 3.63) is 66.0 Å².